The van der Waals surface area contributed by atoms with Gasteiger partial charge in [0, 0.05) is 24.1 Å². The molecule has 2 aromatic rings. The Morgan fingerprint density at radius 1 is 1.33 bits per heavy atom. The normalized spacial score (nSPS) is 17.2. The van der Waals surface area contributed by atoms with Crippen LogP contribution in [0.3, 0.4) is 0 Å². The summed E-state index contributed by atoms with van der Waals surface area (Å²) in [5.74, 6) is 0. The van der Waals surface area contributed by atoms with Crippen molar-refractivity contribution in [2.24, 2.45) is 5.73 Å². The topological polar surface area (TPSA) is 48.1 Å². The zero-order chi connectivity index (χ0) is 14.7. The van der Waals surface area contributed by atoms with Gasteiger partial charge in [0.2, 0.25) is 0 Å². The molecule has 4 heteroatoms. The zero-order valence-electron chi connectivity index (χ0n) is 12.5. The molecule has 0 spiro atoms. The maximum absolute atomic E-state index is 6.10. The van der Waals surface area contributed by atoms with E-state index in [-0.39, 0.29) is 5.60 Å². The predicted molar refractivity (Wildman–Crippen MR) is 87.2 cm³/mol. The predicted octanol–water partition coefficient (Wildman–Crippen LogP) is 4.07. The highest BCUT2D eigenvalue weighted by Gasteiger charge is 2.39. The van der Waals surface area contributed by atoms with E-state index in [1.807, 2.05) is 6.07 Å². The third kappa shape index (κ3) is 2.89. The molecule has 0 saturated heterocycles. The van der Waals surface area contributed by atoms with Gasteiger partial charge in [-0.05, 0) is 31.4 Å². The second kappa shape index (κ2) is 6.26. The van der Waals surface area contributed by atoms with E-state index in [4.69, 9.17) is 15.5 Å². The summed E-state index contributed by atoms with van der Waals surface area (Å²) in [6, 6.07) is 8.32. The summed E-state index contributed by atoms with van der Waals surface area (Å²) in [5.41, 5.74) is 8.91. The number of nitrogens with zero attached hydrogens (tertiary/aromatic N) is 1. The molecule has 1 saturated carbocycles. The number of thiazole rings is 1. The van der Waals surface area contributed by atoms with Gasteiger partial charge in [-0.2, -0.15) is 0 Å². The molecule has 21 heavy (non-hydrogen) atoms. The van der Waals surface area contributed by atoms with Crippen LogP contribution in [0.1, 0.15) is 43.2 Å². The molecule has 1 aliphatic rings. The van der Waals surface area contributed by atoms with Gasteiger partial charge in [-0.25, -0.2) is 4.98 Å². The molecule has 3 nitrogen and oxygen atoms in total. The van der Waals surface area contributed by atoms with Gasteiger partial charge >= 0.3 is 0 Å². The molecule has 0 unspecified atom stereocenters. The average molecular weight is 302 g/mol. The summed E-state index contributed by atoms with van der Waals surface area (Å²) < 4.78 is 6.10. The third-order valence-corrected chi connectivity index (χ3v) is 5.21. The first-order chi connectivity index (χ1) is 10.3. The van der Waals surface area contributed by atoms with Crippen molar-refractivity contribution in [2.75, 3.05) is 6.61 Å². The third-order valence-electron chi connectivity index (χ3n) is 4.18. The van der Waals surface area contributed by atoms with Gasteiger partial charge in [-0.1, -0.05) is 31.0 Å². The van der Waals surface area contributed by atoms with Crippen LogP contribution >= 0.6 is 11.3 Å². The number of nitrogens with two attached hydrogens (primary N) is 1. The first-order valence-corrected chi connectivity index (χ1v) is 8.55. The largest absolute Gasteiger partial charge is 0.368 e. The van der Waals surface area contributed by atoms with E-state index in [2.05, 4.69) is 30.5 Å². The summed E-state index contributed by atoms with van der Waals surface area (Å²) in [6.45, 7) is 3.38. The van der Waals surface area contributed by atoms with Crippen molar-refractivity contribution in [3.8, 4) is 11.3 Å². The van der Waals surface area contributed by atoms with Crippen LogP contribution < -0.4 is 5.73 Å². The molecule has 1 aromatic heterocycles. The van der Waals surface area contributed by atoms with Gasteiger partial charge in [-0.3, -0.25) is 0 Å². The molecule has 0 aliphatic heterocycles. The van der Waals surface area contributed by atoms with E-state index in [1.54, 1.807) is 11.3 Å². The summed E-state index contributed by atoms with van der Waals surface area (Å²) in [6.07, 6.45) is 4.66. The molecule has 112 valence electrons. The fourth-order valence-electron chi connectivity index (χ4n) is 3.12. The van der Waals surface area contributed by atoms with Gasteiger partial charge in [-0.15, -0.1) is 11.3 Å². The number of hydrogen-bond acceptors (Lipinski definition) is 4. The summed E-state index contributed by atoms with van der Waals surface area (Å²) >= 11 is 1.73. The van der Waals surface area contributed by atoms with Gasteiger partial charge < -0.3 is 10.5 Å². The van der Waals surface area contributed by atoms with Crippen molar-refractivity contribution in [1.29, 1.82) is 0 Å². The van der Waals surface area contributed by atoms with Crippen LogP contribution in [-0.4, -0.2) is 11.6 Å². The molecule has 1 aromatic carbocycles. The average Bonchev–Trinajstić information content (AvgIpc) is 3.17. The van der Waals surface area contributed by atoms with Gasteiger partial charge in [0.25, 0.3) is 0 Å². The number of hydrogen-bond donors (Lipinski definition) is 1. The highest BCUT2D eigenvalue weighted by Crippen LogP contribution is 2.44. The molecule has 1 fully saturated rings. The molecule has 1 heterocycles. The Morgan fingerprint density at radius 2 is 2.14 bits per heavy atom. The highest BCUT2D eigenvalue weighted by atomic mass is 32.1. The molecule has 0 amide bonds. The fraction of sp³-hybridized carbons (Fsp3) is 0.471. The van der Waals surface area contributed by atoms with E-state index >= 15 is 0 Å². The highest BCUT2D eigenvalue weighted by molar-refractivity contribution is 7.10. The lowest BCUT2D eigenvalue weighted by atomic mass is 10.0. The Hall–Kier alpha value is -1.23. The van der Waals surface area contributed by atoms with E-state index in [0.717, 1.165) is 41.3 Å². The maximum atomic E-state index is 6.10. The second-order valence-electron chi connectivity index (χ2n) is 5.58. The van der Waals surface area contributed by atoms with Crippen LogP contribution in [0.4, 0.5) is 0 Å². The fourth-order valence-corrected chi connectivity index (χ4v) is 4.16. The maximum Gasteiger partial charge on any atom is 0.125 e. The van der Waals surface area contributed by atoms with Crippen molar-refractivity contribution < 1.29 is 4.74 Å². The SMILES string of the molecule is CCOC1(c2nc(-c3cccc(CN)c3)cs2)CCCC1. The zero-order valence-corrected chi connectivity index (χ0v) is 13.3. The Kier molecular flexibility index (Phi) is 4.38. The summed E-state index contributed by atoms with van der Waals surface area (Å²) in [4.78, 5) is 4.88. The number of aromatic nitrogens is 1. The van der Waals surface area contributed by atoms with E-state index in [1.165, 1.54) is 12.8 Å². The second-order valence-corrected chi connectivity index (χ2v) is 6.43. The van der Waals surface area contributed by atoms with E-state index in [0.29, 0.717) is 6.54 Å². The van der Waals surface area contributed by atoms with Crippen LogP contribution in [0.15, 0.2) is 29.6 Å². The van der Waals surface area contributed by atoms with Crippen molar-refractivity contribution in [1.82, 2.24) is 4.98 Å². The van der Waals surface area contributed by atoms with Crippen molar-refractivity contribution >= 4 is 11.3 Å². The minimum absolute atomic E-state index is 0.136. The molecule has 2 N–H and O–H groups in total. The Bertz CT molecular complexity index is 602. The minimum atomic E-state index is -0.136. The number of benzene rings is 1. The number of rotatable bonds is 5. The van der Waals surface area contributed by atoms with Gasteiger partial charge in [0.15, 0.2) is 0 Å². The van der Waals surface area contributed by atoms with Crippen molar-refractivity contribution in [3.63, 3.8) is 0 Å². The molecule has 3 rings (SSSR count). The summed E-state index contributed by atoms with van der Waals surface area (Å²) in [5, 5.41) is 3.28. The standard InChI is InChI=1S/C17H22N2OS/c1-2-20-17(8-3-4-9-17)16-19-15(12-21-16)14-7-5-6-13(10-14)11-18/h5-7,10,12H,2-4,8-9,11,18H2,1H3. The monoisotopic (exact) mass is 302 g/mol. The Labute approximate surface area is 130 Å². The Balaban J connectivity index is 1.91. The molecule has 0 radical (unpaired) electrons. The lowest BCUT2D eigenvalue weighted by Gasteiger charge is -2.26. The minimum Gasteiger partial charge on any atom is -0.368 e. The quantitative estimate of drug-likeness (QED) is 0.905. The smallest absolute Gasteiger partial charge is 0.125 e. The molecular formula is C17H22N2OS. The van der Waals surface area contributed by atoms with Crippen LogP contribution in [0.5, 0.6) is 0 Å². The van der Waals surface area contributed by atoms with Gasteiger partial charge in [0.1, 0.15) is 10.6 Å². The lowest BCUT2D eigenvalue weighted by molar-refractivity contribution is -0.0390. The van der Waals surface area contributed by atoms with Crippen molar-refractivity contribution in [2.45, 2.75) is 44.8 Å². The van der Waals surface area contributed by atoms with Crippen LogP contribution in [0.2, 0.25) is 0 Å². The first kappa shape index (κ1) is 14.7. The van der Waals surface area contributed by atoms with Crippen LogP contribution in [-0.2, 0) is 16.9 Å². The van der Waals surface area contributed by atoms with Crippen molar-refractivity contribution in [3.05, 3.63) is 40.2 Å². The molecular weight excluding hydrogens is 280 g/mol. The molecule has 0 bridgehead atoms. The summed E-state index contributed by atoms with van der Waals surface area (Å²) in [7, 11) is 0. The number of ether oxygens (including phenoxy) is 1. The molecule has 1 aliphatic carbocycles. The van der Waals surface area contributed by atoms with Gasteiger partial charge in [0.05, 0.1) is 5.69 Å². The van der Waals surface area contributed by atoms with Crippen LogP contribution in [0, 0.1) is 0 Å². The van der Waals surface area contributed by atoms with E-state index in [9.17, 15) is 0 Å². The molecule has 0 atom stereocenters. The van der Waals surface area contributed by atoms with E-state index < -0.39 is 0 Å². The van der Waals surface area contributed by atoms with Crippen LogP contribution in [0.25, 0.3) is 11.3 Å². The lowest BCUT2D eigenvalue weighted by Crippen LogP contribution is -2.25. The Morgan fingerprint density at radius 3 is 2.86 bits per heavy atom. The first-order valence-electron chi connectivity index (χ1n) is 7.67.